The summed E-state index contributed by atoms with van der Waals surface area (Å²) in [7, 11) is -3.13. The van der Waals surface area contributed by atoms with E-state index in [0.29, 0.717) is 5.13 Å². The first kappa shape index (κ1) is 16.6. The van der Waals surface area contributed by atoms with Crippen molar-refractivity contribution < 1.29 is 13.2 Å². The molecule has 0 fully saturated rings. The Bertz CT molecular complexity index is 742. The van der Waals surface area contributed by atoms with Crippen LogP contribution in [-0.2, 0) is 14.6 Å². The van der Waals surface area contributed by atoms with E-state index in [0.717, 1.165) is 16.7 Å². The van der Waals surface area contributed by atoms with Gasteiger partial charge in [-0.15, -0.1) is 0 Å². The monoisotopic (exact) mass is 339 g/mol. The van der Waals surface area contributed by atoms with Crippen LogP contribution in [0, 0.1) is 0 Å². The highest BCUT2D eigenvalue weighted by Gasteiger charge is 2.17. The lowest BCUT2D eigenvalue weighted by Gasteiger charge is -2.09. The van der Waals surface area contributed by atoms with Crippen LogP contribution in [0.15, 0.2) is 36.5 Å². The highest BCUT2D eigenvalue weighted by Crippen LogP contribution is 2.28. The van der Waals surface area contributed by atoms with Gasteiger partial charge in [0.05, 0.1) is 16.7 Å². The Hall–Kier alpha value is -1.77. The number of amides is 1. The number of sulfone groups is 1. The maximum atomic E-state index is 11.9. The summed E-state index contributed by atoms with van der Waals surface area (Å²) in [6, 6.07) is 8.81. The van der Waals surface area contributed by atoms with Crippen LogP contribution < -0.4 is 11.1 Å². The van der Waals surface area contributed by atoms with Crippen molar-refractivity contribution in [2.75, 3.05) is 17.3 Å². The zero-order valence-electron chi connectivity index (χ0n) is 12.0. The number of nitrogens with two attached hydrogens (primary N) is 1. The van der Waals surface area contributed by atoms with Crippen molar-refractivity contribution in [3.05, 3.63) is 36.5 Å². The first-order valence-electron chi connectivity index (χ1n) is 6.60. The predicted molar refractivity (Wildman–Crippen MR) is 88.5 cm³/mol. The number of carbonyl (C=O) groups excluding carboxylic acids is 1. The Morgan fingerprint density at radius 3 is 2.68 bits per heavy atom. The van der Waals surface area contributed by atoms with Gasteiger partial charge in [0, 0.05) is 12.5 Å². The molecule has 1 amide bonds. The molecule has 1 heterocycles. The maximum absolute atomic E-state index is 11.9. The minimum absolute atomic E-state index is 0.0849. The van der Waals surface area contributed by atoms with E-state index in [4.69, 9.17) is 5.73 Å². The van der Waals surface area contributed by atoms with Gasteiger partial charge in [0.25, 0.3) is 0 Å². The summed E-state index contributed by atoms with van der Waals surface area (Å²) in [5.41, 5.74) is 6.71. The fraction of sp³-hybridized carbons (Fsp3) is 0.286. The third-order valence-corrected chi connectivity index (χ3v) is 4.87. The molecule has 3 N–H and O–H groups in total. The summed E-state index contributed by atoms with van der Waals surface area (Å²) in [5, 5.41) is 3.06. The second kappa shape index (κ2) is 6.99. The fourth-order valence-corrected chi connectivity index (χ4v) is 3.24. The quantitative estimate of drug-likeness (QED) is 0.830. The second-order valence-corrected chi connectivity index (χ2v) is 8.20. The average Bonchev–Trinajstić information content (AvgIpc) is 2.93. The van der Waals surface area contributed by atoms with Crippen LogP contribution >= 0.6 is 11.3 Å². The molecule has 0 spiro atoms. The van der Waals surface area contributed by atoms with Crippen LogP contribution in [0.4, 0.5) is 5.13 Å². The van der Waals surface area contributed by atoms with Crippen molar-refractivity contribution in [2.45, 2.75) is 12.5 Å². The number of thiazole rings is 1. The molecule has 0 radical (unpaired) electrons. The third-order valence-electron chi connectivity index (χ3n) is 2.93. The van der Waals surface area contributed by atoms with Crippen molar-refractivity contribution in [3.63, 3.8) is 0 Å². The van der Waals surface area contributed by atoms with Gasteiger partial charge in [-0.1, -0.05) is 41.7 Å². The van der Waals surface area contributed by atoms with Crippen LogP contribution in [0.2, 0.25) is 0 Å². The highest BCUT2D eigenvalue weighted by atomic mass is 32.2. The minimum Gasteiger partial charge on any atom is -0.320 e. The molecule has 22 heavy (non-hydrogen) atoms. The van der Waals surface area contributed by atoms with E-state index in [2.05, 4.69) is 10.3 Å². The summed E-state index contributed by atoms with van der Waals surface area (Å²) in [5.74, 6) is -0.549. The van der Waals surface area contributed by atoms with Crippen molar-refractivity contribution in [1.82, 2.24) is 4.98 Å². The summed E-state index contributed by atoms with van der Waals surface area (Å²) in [4.78, 5) is 17.0. The van der Waals surface area contributed by atoms with E-state index in [1.165, 1.54) is 11.3 Å². The molecule has 2 rings (SSSR count). The van der Waals surface area contributed by atoms with Gasteiger partial charge in [-0.25, -0.2) is 13.4 Å². The first-order chi connectivity index (χ1) is 10.3. The van der Waals surface area contributed by atoms with Gasteiger partial charge >= 0.3 is 0 Å². The van der Waals surface area contributed by atoms with Crippen molar-refractivity contribution in [2.24, 2.45) is 5.73 Å². The van der Waals surface area contributed by atoms with E-state index >= 15 is 0 Å². The zero-order chi connectivity index (χ0) is 16.2. The number of nitrogens with one attached hydrogen (secondary N) is 1. The highest BCUT2D eigenvalue weighted by molar-refractivity contribution is 7.90. The number of aromatic nitrogens is 1. The Balaban J connectivity index is 1.96. The van der Waals surface area contributed by atoms with Crippen LogP contribution in [0.5, 0.6) is 0 Å². The largest absolute Gasteiger partial charge is 0.320 e. The normalized spacial score (nSPS) is 12.8. The maximum Gasteiger partial charge on any atom is 0.243 e. The zero-order valence-corrected chi connectivity index (χ0v) is 13.7. The molecular formula is C14H17N3O3S2. The molecule has 1 unspecified atom stereocenters. The molecule has 8 heteroatoms. The Kier molecular flexibility index (Phi) is 5.28. The first-order valence-corrected chi connectivity index (χ1v) is 9.48. The van der Waals surface area contributed by atoms with E-state index < -0.39 is 21.8 Å². The SMILES string of the molecule is CS(=O)(=O)CCC(N)C(=O)Nc1ncc(-c2ccccc2)s1. The second-order valence-electron chi connectivity index (χ2n) is 4.91. The minimum atomic E-state index is -3.13. The third kappa shape index (κ3) is 4.90. The smallest absolute Gasteiger partial charge is 0.243 e. The van der Waals surface area contributed by atoms with Crippen LogP contribution in [0.3, 0.4) is 0 Å². The molecule has 0 saturated carbocycles. The summed E-state index contributed by atoms with van der Waals surface area (Å²) < 4.78 is 22.2. The van der Waals surface area contributed by atoms with E-state index in [-0.39, 0.29) is 12.2 Å². The number of anilines is 1. The molecule has 0 aliphatic carbocycles. The van der Waals surface area contributed by atoms with Gasteiger partial charge in [0.1, 0.15) is 9.84 Å². The molecule has 118 valence electrons. The number of hydrogen-bond acceptors (Lipinski definition) is 6. The molecule has 6 nitrogen and oxygen atoms in total. The van der Waals surface area contributed by atoms with Crippen LogP contribution in [0.1, 0.15) is 6.42 Å². The summed E-state index contributed by atoms with van der Waals surface area (Å²) in [6.45, 7) is 0. The lowest BCUT2D eigenvalue weighted by Crippen LogP contribution is -2.37. The predicted octanol–water partition coefficient (Wildman–Crippen LogP) is 1.51. The number of hydrogen-bond donors (Lipinski definition) is 2. The fourth-order valence-electron chi connectivity index (χ4n) is 1.74. The van der Waals surface area contributed by atoms with Gasteiger partial charge in [-0.3, -0.25) is 4.79 Å². The van der Waals surface area contributed by atoms with Gasteiger partial charge in [0.15, 0.2) is 5.13 Å². The number of rotatable bonds is 6. The molecule has 1 aromatic carbocycles. The molecule has 0 saturated heterocycles. The van der Waals surface area contributed by atoms with Crippen LogP contribution in [-0.4, -0.2) is 37.4 Å². The van der Waals surface area contributed by atoms with Crippen LogP contribution in [0.25, 0.3) is 10.4 Å². The summed E-state index contributed by atoms with van der Waals surface area (Å²) >= 11 is 1.34. The molecule has 0 bridgehead atoms. The molecule has 0 aliphatic rings. The van der Waals surface area contributed by atoms with Crippen molar-refractivity contribution in [3.8, 4) is 10.4 Å². The van der Waals surface area contributed by atoms with E-state index in [1.807, 2.05) is 30.3 Å². The van der Waals surface area contributed by atoms with Gasteiger partial charge in [0.2, 0.25) is 5.91 Å². The lowest BCUT2D eigenvalue weighted by atomic mass is 10.2. The Morgan fingerprint density at radius 1 is 1.36 bits per heavy atom. The standard InChI is InChI=1S/C14H17N3O3S2/c1-22(19,20)8-7-11(15)13(18)17-14-16-9-12(21-14)10-5-3-2-4-6-10/h2-6,9,11H,7-8,15H2,1H3,(H,16,17,18). The molecule has 0 aliphatic heterocycles. The number of carbonyl (C=O) groups is 1. The number of benzene rings is 1. The molecule has 2 aromatic rings. The number of nitrogens with zero attached hydrogens (tertiary/aromatic N) is 1. The Morgan fingerprint density at radius 2 is 2.05 bits per heavy atom. The van der Waals surface area contributed by atoms with E-state index in [1.54, 1.807) is 6.20 Å². The lowest BCUT2D eigenvalue weighted by molar-refractivity contribution is -0.117. The topological polar surface area (TPSA) is 102 Å². The van der Waals surface area contributed by atoms with Crippen molar-refractivity contribution in [1.29, 1.82) is 0 Å². The molecule has 1 aromatic heterocycles. The molecule has 1 atom stereocenters. The summed E-state index contributed by atoms with van der Waals surface area (Å²) in [6.07, 6.45) is 2.88. The van der Waals surface area contributed by atoms with Gasteiger partial charge in [-0.05, 0) is 12.0 Å². The van der Waals surface area contributed by atoms with Gasteiger partial charge < -0.3 is 11.1 Å². The molecular weight excluding hydrogens is 322 g/mol. The Labute approximate surface area is 133 Å². The van der Waals surface area contributed by atoms with E-state index in [9.17, 15) is 13.2 Å². The van der Waals surface area contributed by atoms with Crippen molar-refractivity contribution >= 4 is 32.2 Å². The average molecular weight is 339 g/mol. The van der Waals surface area contributed by atoms with Gasteiger partial charge in [-0.2, -0.15) is 0 Å².